The molecule has 0 aliphatic carbocycles. The van der Waals surface area contributed by atoms with Crippen molar-refractivity contribution in [3.63, 3.8) is 0 Å². The van der Waals surface area contributed by atoms with Gasteiger partial charge < -0.3 is 5.32 Å². The van der Waals surface area contributed by atoms with Gasteiger partial charge in [0.25, 0.3) is 0 Å². The summed E-state index contributed by atoms with van der Waals surface area (Å²) in [6.07, 6.45) is 2.67. The molecule has 0 aromatic heterocycles. The number of aryl methyl sites for hydroxylation is 1. The molecule has 1 aliphatic rings. The summed E-state index contributed by atoms with van der Waals surface area (Å²) in [5.41, 5.74) is 2.73. The Balaban J connectivity index is 1.80. The summed E-state index contributed by atoms with van der Waals surface area (Å²) in [6, 6.07) is 6.72. The van der Waals surface area contributed by atoms with Crippen LogP contribution in [0.15, 0.2) is 22.7 Å². The van der Waals surface area contributed by atoms with Gasteiger partial charge in [-0.15, -0.1) is 0 Å². The van der Waals surface area contributed by atoms with Gasteiger partial charge in [-0.2, -0.15) is 0 Å². The molecule has 1 fully saturated rings. The van der Waals surface area contributed by atoms with Crippen LogP contribution in [0.2, 0.25) is 0 Å². The van der Waals surface area contributed by atoms with Gasteiger partial charge in [-0.25, -0.2) is 0 Å². The fourth-order valence-corrected chi connectivity index (χ4v) is 3.12. The quantitative estimate of drug-likeness (QED) is 0.890. The van der Waals surface area contributed by atoms with Crippen molar-refractivity contribution in [2.45, 2.75) is 33.2 Å². The van der Waals surface area contributed by atoms with E-state index in [9.17, 15) is 0 Å². The lowest BCUT2D eigenvalue weighted by Gasteiger charge is -2.32. The largest absolute Gasteiger partial charge is 0.317 e. The second-order valence-corrected chi connectivity index (χ2v) is 6.47. The van der Waals surface area contributed by atoms with Crippen LogP contribution >= 0.6 is 15.9 Å². The molecule has 1 aromatic rings. The molecule has 3 heteroatoms. The maximum absolute atomic E-state index is 3.62. The topological polar surface area (TPSA) is 15.3 Å². The molecule has 106 valence electrons. The first-order valence-corrected chi connectivity index (χ1v) is 8.16. The second-order valence-electron chi connectivity index (χ2n) is 5.61. The zero-order chi connectivity index (χ0) is 13.7. The Labute approximate surface area is 125 Å². The van der Waals surface area contributed by atoms with Crippen LogP contribution in [-0.4, -0.2) is 31.1 Å². The van der Waals surface area contributed by atoms with Gasteiger partial charge in [0.1, 0.15) is 0 Å². The molecule has 1 aliphatic heterocycles. The number of hydrogen-bond acceptors (Lipinski definition) is 2. The molecule has 0 bridgehead atoms. The van der Waals surface area contributed by atoms with Gasteiger partial charge >= 0.3 is 0 Å². The molecular weight excluding hydrogens is 300 g/mol. The van der Waals surface area contributed by atoms with Gasteiger partial charge in [0.2, 0.25) is 0 Å². The van der Waals surface area contributed by atoms with Gasteiger partial charge in [-0.3, -0.25) is 4.90 Å². The van der Waals surface area contributed by atoms with Gasteiger partial charge in [-0.05, 0) is 69.1 Å². The Morgan fingerprint density at radius 2 is 2.05 bits per heavy atom. The van der Waals surface area contributed by atoms with Crippen LogP contribution in [0.25, 0.3) is 0 Å². The third-order valence-electron chi connectivity index (χ3n) is 4.03. The van der Waals surface area contributed by atoms with E-state index in [1.807, 2.05) is 0 Å². The number of piperidine rings is 1. The molecule has 1 N–H and O–H groups in total. The summed E-state index contributed by atoms with van der Waals surface area (Å²) in [5, 5.41) is 3.47. The molecule has 0 saturated carbocycles. The van der Waals surface area contributed by atoms with E-state index in [0.29, 0.717) is 0 Å². The van der Waals surface area contributed by atoms with E-state index in [4.69, 9.17) is 0 Å². The molecule has 0 spiro atoms. The summed E-state index contributed by atoms with van der Waals surface area (Å²) >= 11 is 3.62. The first-order valence-electron chi connectivity index (χ1n) is 7.37. The van der Waals surface area contributed by atoms with Crippen LogP contribution in [0.3, 0.4) is 0 Å². The van der Waals surface area contributed by atoms with E-state index in [0.717, 1.165) is 19.0 Å². The molecule has 19 heavy (non-hydrogen) atoms. The highest BCUT2D eigenvalue weighted by Gasteiger charge is 2.18. The molecule has 0 atom stereocenters. The van der Waals surface area contributed by atoms with Crippen molar-refractivity contribution < 1.29 is 0 Å². The molecule has 0 unspecified atom stereocenters. The minimum atomic E-state index is 0.876. The fourth-order valence-electron chi connectivity index (χ4n) is 2.69. The van der Waals surface area contributed by atoms with E-state index in [-0.39, 0.29) is 0 Å². The highest BCUT2D eigenvalue weighted by Crippen LogP contribution is 2.21. The lowest BCUT2D eigenvalue weighted by molar-refractivity contribution is 0.176. The van der Waals surface area contributed by atoms with E-state index in [1.54, 1.807) is 0 Å². The number of nitrogens with zero attached hydrogens (tertiary/aromatic N) is 1. The van der Waals surface area contributed by atoms with Crippen LogP contribution in [0.4, 0.5) is 0 Å². The molecule has 1 aromatic carbocycles. The molecule has 0 amide bonds. The average Bonchev–Trinajstić information content (AvgIpc) is 2.42. The minimum Gasteiger partial charge on any atom is -0.317 e. The number of hydrogen-bond donors (Lipinski definition) is 1. The Bertz CT molecular complexity index is 398. The van der Waals surface area contributed by atoms with Gasteiger partial charge in [-0.1, -0.05) is 35.0 Å². The molecule has 2 nitrogen and oxygen atoms in total. The van der Waals surface area contributed by atoms with Gasteiger partial charge in [0, 0.05) is 11.0 Å². The van der Waals surface area contributed by atoms with Crippen molar-refractivity contribution in [1.29, 1.82) is 0 Å². The van der Waals surface area contributed by atoms with Crippen LogP contribution in [-0.2, 0) is 6.54 Å². The van der Waals surface area contributed by atoms with Crippen molar-refractivity contribution in [2.24, 2.45) is 5.92 Å². The zero-order valence-electron chi connectivity index (χ0n) is 12.1. The predicted molar refractivity (Wildman–Crippen MR) is 85.4 cm³/mol. The fraction of sp³-hybridized carbons (Fsp3) is 0.625. The van der Waals surface area contributed by atoms with Crippen LogP contribution in [0.1, 0.15) is 30.9 Å². The molecule has 1 heterocycles. The summed E-state index contributed by atoms with van der Waals surface area (Å²) < 4.78 is 1.23. The molecular formula is C16H25BrN2. The Morgan fingerprint density at radius 1 is 1.32 bits per heavy atom. The highest BCUT2D eigenvalue weighted by molar-refractivity contribution is 9.10. The van der Waals surface area contributed by atoms with Gasteiger partial charge in [0.15, 0.2) is 0 Å². The Kier molecular flexibility index (Phi) is 5.86. The molecule has 0 radical (unpaired) electrons. The number of nitrogens with one attached hydrogen (secondary N) is 1. The first kappa shape index (κ1) is 15.0. The summed E-state index contributed by atoms with van der Waals surface area (Å²) in [5.74, 6) is 0.876. The number of rotatable bonds is 5. The summed E-state index contributed by atoms with van der Waals surface area (Å²) in [6.45, 7) is 10.2. The van der Waals surface area contributed by atoms with E-state index >= 15 is 0 Å². The predicted octanol–water partition coefficient (Wildman–Crippen LogP) is 3.58. The second kappa shape index (κ2) is 7.41. The summed E-state index contributed by atoms with van der Waals surface area (Å²) in [7, 11) is 0. The average molecular weight is 325 g/mol. The van der Waals surface area contributed by atoms with Crippen molar-refractivity contribution in [2.75, 3.05) is 26.2 Å². The van der Waals surface area contributed by atoms with Crippen LogP contribution < -0.4 is 5.32 Å². The van der Waals surface area contributed by atoms with Crippen molar-refractivity contribution >= 4 is 15.9 Å². The van der Waals surface area contributed by atoms with E-state index < -0.39 is 0 Å². The van der Waals surface area contributed by atoms with Crippen molar-refractivity contribution in [1.82, 2.24) is 10.2 Å². The molecule has 1 saturated heterocycles. The normalized spacial score (nSPS) is 17.8. The standard InChI is InChI=1S/C16H25BrN2/c1-3-18-11-14-6-8-19(9-7-14)12-15-5-4-13(2)16(17)10-15/h4-5,10,14,18H,3,6-9,11-12H2,1-2H3. The zero-order valence-corrected chi connectivity index (χ0v) is 13.7. The first-order chi connectivity index (χ1) is 9.19. The van der Waals surface area contributed by atoms with E-state index in [1.165, 1.54) is 48.1 Å². The van der Waals surface area contributed by atoms with Crippen LogP contribution in [0, 0.1) is 12.8 Å². The van der Waals surface area contributed by atoms with Crippen molar-refractivity contribution in [3.8, 4) is 0 Å². The monoisotopic (exact) mass is 324 g/mol. The lowest BCUT2D eigenvalue weighted by Crippen LogP contribution is -2.36. The number of halogens is 1. The third kappa shape index (κ3) is 4.59. The molecule has 2 rings (SSSR count). The van der Waals surface area contributed by atoms with Crippen molar-refractivity contribution in [3.05, 3.63) is 33.8 Å². The highest BCUT2D eigenvalue weighted by atomic mass is 79.9. The summed E-state index contributed by atoms with van der Waals surface area (Å²) in [4.78, 5) is 2.58. The lowest BCUT2D eigenvalue weighted by atomic mass is 9.96. The van der Waals surface area contributed by atoms with Gasteiger partial charge in [0.05, 0.1) is 0 Å². The Hall–Kier alpha value is -0.380. The van der Waals surface area contributed by atoms with Crippen LogP contribution in [0.5, 0.6) is 0 Å². The number of likely N-dealkylation sites (tertiary alicyclic amines) is 1. The smallest absolute Gasteiger partial charge is 0.0234 e. The third-order valence-corrected chi connectivity index (χ3v) is 4.89. The van der Waals surface area contributed by atoms with E-state index in [2.05, 4.69) is 58.2 Å². The maximum atomic E-state index is 3.62. The minimum absolute atomic E-state index is 0.876. The maximum Gasteiger partial charge on any atom is 0.0234 e. The Morgan fingerprint density at radius 3 is 2.68 bits per heavy atom. The SMILES string of the molecule is CCNCC1CCN(Cc2ccc(C)c(Br)c2)CC1. The number of benzene rings is 1.